The molecule has 0 aliphatic heterocycles. The van der Waals surface area contributed by atoms with Crippen molar-refractivity contribution in [2.75, 3.05) is 6.61 Å². The summed E-state index contributed by atoms with van der Waals surface area (Å²) in [6.45, 7) is 1.72. The van der Waals surface area contributed by atoms with Gasteiger partial charge in [-0.3, -0.25) is 4.79 Å². The molecule has 0 saturated heterocycles. The van der Waals surface area contributed by atoms with Gasteiger partial charge in [-0.25, -0.2) is 4.98 Å². The summed E-state index contributed by atoms with van der Waals surface area (Å²) in [5.74, 6) is -1.20. The van der Waals surface area contributed by atoms with Gasteiger partial charge in [0.05, 0.1) is 24.1 Å². The number of pyridine rings is 1. The molecule has 2 aromatic heterocycles. The van der Waals surface area contributed by atoms with Gasteiger partial charge in [0.15, 0.2) is 5.75 Å². The summed E-state index contributed by atoms with van der Waals surface area (Å²) in [6.07, 6.45) is -0.342. The number of benzene rings is 1. The van der Waals surface area contributed by atoms with Gasteiger partial charge in [-0.05, 0) is 12.5 Å². The Hall–Kier alpha value is -2.66. The molecule has 0 saturated carbocycles. The summed E-state index contributed by atoms with van der Waals surface area (Å²) < 4.78 is 71.1. The van der Waals surface area contributed by atoms with Crippen molar-refractivity contribution in [3.8, 4) is 16.9 Å². The van der Waals surface area contributed by atoms with Gasteiger partial charge in [0.1, 0.15) is 4.83 Å². The maximum atomic E-state index is 12.9. The van der Waals surface area contributed by atoms with Crippen molar-refractivity contribution in [2.45, 2.75) is 18.9 Å². The molecule has 0 radical (unpaired) electrons. The molecule has 2 heterocycles. The van der Waals surface area contributed by atoms with Crippen LogP contribution < -0.4 is 4.18 Å². The molecule has 0 aliphatic carbocycles. The fourth-order valence-corrected chi connectivity index (χ4v) is 4.01. The summed E-state index contributed by atoms with van der Waals surface area (Å²) in [7, 11) is -5.91. The Morgan fingerprint density at radius 1 is 1.21 bits per heavy atom. The maximum Gasteiger partial charge on any atom is 0.534 e. The van der Waals surface area contributed by atoms with Crippen LogP contribution in [-0.2, 0) is 26.1 Å². The van der Waals surface area contributed by atoms with Crippen LogP contribution in [0, 0.1) is 0 Å². The Morgan fingerprint density at radius 3 is 2.52 bits per heavy atom. The number of nitrogens with zero attached hydrogens (tertiary/aromatic N) is 1. The second kappa shape index (κ2) is 7.99. The molecule has 0 fully saturated rings. The van der Waals surface area contributed by atoms with Gasteiger partial charge in [0.2, 0.25) is 0 Å². The molecule has 11 heteroatoms. The maximum absolute atomic E-state index is 12.9. The zero-order chi connectivity index (χ0) is 21.2. The molecule has 0 spiro atoms. The first kappa shape index (κ1) is 21.1. The molecule has 0 atom stereocenters. The van der Waals surface area contributed by atoms with Crippen LogP contribution in [0.15, 0.2) is 41.8 Å². The zero-order valence-electron chi connectivity index (χ0n) is 14.9. The molecule has 3 aromatic rings. The number of carbonyl (C=O) groups excluding carboxylic acids is 1. The zero-order valence-corrected chi connectivity index (χ0v) is 16.5. The van der Waals surface area contributed by atoms with Crippen LogP contribution in [0.4, 0.5) is 13.2 Å². The number of halogens is 3. The number of carbonyl (C=O) groups is 1. The Balaban J connectivity index is 2.17. The van der Waals surface area contributed by atoms with E-state index in [4.69, 9.17) is 4.74 Å². The van der Waals surface area contributed by atoms with Crippen molar-refractivity contribution < 1.29 is 35.3 Å². The number of esters is 1. The summed E-state index contributed by atoms with van der Waals surface area (Å²) >= 11 is 1.09. The van der Waals surface area contributed by atoms with E-state index in [0.29, 0.717) is 11.1 Å². The Bertz CT molecular complexity index is 1140. The first-order valence-corrected chi connectivity index (χ1v) is 10.5. The van der Waals surface area contributed by atoms with Gasteiger partial charge in [-0.1, -0.05) is 30.3 Å². The van der Waals surface area contributed by atoms with Crippen LogP contribution in [0.5, 0.6) is 5.75 Å². The monoisotopic (exact) mass is 445 g/mol. The highest BCUT2D eigenvalue weighted by Gasteiger charge is 2.49. The van der Waals surface area contributed by atoms with Gasteiger partial charge in [0, 0.05) is 17.0 Å². The van der Waals surface area contributed by atoms with Gasteiger partial charge in [0.25, 0.3) is 0 Å². The van der Waals surface area contributed by atoms with Crippen LogP contribution in [0.1, 0.15) is 12.6 Å². The van der Waals surface area contributed by atoms with Gasteiger partial charge < -0.3 is 8.92 Å². The lowest BCUT2D eigenvalue weighted by atomic mass is 10.1. The molecule has 3 rings (SSSR count). The summed E-state index contributed by atoms with van der Waals surface area (Å²) in [5, 5.41) is 1.75. The molecule has 0 bridgehead atoms. The average Bonchev–Trinajstić information content (AvgIpc) is 3.05. The second-order valence-electron chi connectivity index (χ2n) is 5.77. The van der Waals surface area contributed by atoms with E-state index in [1.54, 1.807) is 42.6 Å². The number of aromatic nitrogens is 1. The number of thiophene rings is 1. The number of fused-ring (bicyclic) bond motifs is 1. The van der Waals surface area contributed by atoms with Crippen molar-refractivity contribution >= 4 is 37.6 Å². The molecule has 0 aliphatic rings. The molecule has 0 unspecified atom stereocenters. The van der Waals surface area contributed by atoms with E-state index in [9.17, 15) is 26.4 Å². The average molecular weight is 445 g/mol. The highest BCUT2D eigenvalue weighted by atomic mass is 32.2. The van der Waals surface area contributed by atoms with E-state index in [1.165, 1.54) is 0 Å². The summed E-state index contributed by atoms with van der Waals surface area (Å²) in [5.41, 5.74) is -4.46. The SMILES string of the molecule is CCOC(=O)Cc1cc(OS(=O)(=O)C(F)(F)F)c2c(-c3ccccc3)csc2n1. The van der Waals surface area contributed by atoms with Gasteiger partial charge in [-0.15, -0.1) is 11.3 Å². The van der Waals surface area contributed by atoms with E-state index >= 15 is 0 Å². The van der Waals surface area contributed by atoms with Crippen molar-refractivity contribution in [1.82, 2.24) is 4.98 Å². The molecule has 0 N–H and O–H groups in total. The predicted molar refractivity (Wildman–Crippen MR) is 101 cm³/mol. The van der Waals surface area contributed by atoms with E-state index in [0.717, 1.165) is 17.4 Å². The Kier molecular flexibility index (Phi) is 5.80. The number of hydrogen-bond acceptors (Lipinski definition) is 7. The highest BCUT2D eigenvalue weighted by molar-refractivity contribution is 7.88. The number of alkyl halides is 3. The van der Waals surface area contributed by atoms with Crippen molar-refractivity contribution in [3.63, 3.8) is 0 Å². The summed E-state index contributed by atoms with van der Waals surface area (Å²) in [4.78, 5) is 16.2. The Labute approximate surface area is 168 Å². The molecular weight excluding hydrogens is 431 g/mol. The van der Waals surface area contributed by atoms with Crippen molar-refractivity contribution in [1.29, 1.82) is 0 Å². The van der Waals surface area contributed by atoms with Crippen LogP contribution in [0.25, 0.3) is 21.3 Å². The topological polar surface area (TPSA) is 82.6 Å². The lowest BCUT2D eigenvalue weighted by Crippen LogP contribution is -2.28. The van der Waals surface area contributed by atoms with Crippen LogP contribution >= 0.6 is 11.3 Å². The number of ether oxygens (including phenoxy) is 1. The smallest absolute Gasteiger partial charge is 0.466 e. The third-order valence-corrected chi connectivity index (χ3v) is 5.60. The largest absolute Gasteiger partial charge is 0.534 e. The fraction of sp³-hybridized carbons (Fsp3) is 0.222. The molecular formula is C18H14F3NO5S2. The highest BCUT2D eigenvalue weighted by Crippen LogP contribution is 2.41. The molecule has 6 nitrogen and oxygen atoms in total. The van der Waals surface area contributed by atoms with Crippen molar-refractivity contribution in [3.05, 3.63) is 47.5 Å². The standard InChI is InChI=1S/C18H14F3NO5S2/c1-2-26-15(23)9-12-8-14(27-29(24,25)18(19,20)21)16-13(10-28-17(16)22-12)11-6-4-3-5-7-11/h3-8,10H,2,9H2,1H3. The second-order valence-corrected chi connectivity index (χ2v) is 8.17. The minimum absolute atomic E-state index is 0.0322. The first-order valence-electron chi connectivity index (χ1n) is 8.25. The third kappa shape index (κ3) is 4.51. The van der Waals surface area contributed by atoms with Crippen LogP contribution in [-0.4, -0.2) is 31.5 Å². The molecule has 0 amide bonds. The molecule has 29 heavy (non-hydrogen) atoms. The van der Waals surface area contributed by atoms with Crippen LogP contribution in [0.3, 0.4) is 0 Å². The summed E-state index contributed by atoms with van der Waals surface area (Å²) in [6, 6.07) is 9.68. The van der Waals surface area contributed by atoms with E-state index < -0.39 is 27.3 Å². The molecule has 154 valence electrons. The predicted octanol–water partition coefficient (Wildman–Crippen LogP) is 4.30. The van der Waals surface area contributed by atoms with E-state index in [1.807, 2.05) is 0 Å². The fourth-order valence-electron chi connectivity index (χ4n) is 2.57. The minimum atomic E-state index is -5.91. The third-order valence-electron chi connectivity index (χ3n) is 3.76. The number of hydrogen-bond donors (Lipinski definition) is 0. The van der Waals surface area contributed by atoms with Crippen LogP contribution in [0.2, 0.25) is 0 Å². The van der Waals surface area contributed by atoms with Gasteiger partial charge in [-0.2, -0.15) is 21.6 Å². The van der Waals surface area contributed by atoms with E-state index in [2.05, 4.69) is 9.17 Å². The minimum Gasteiger partial charge on any atom is -0.466 e. The van der Waals surface area contributed by atoms with E-state index in [-0.39, 0.29) is 28.9 Å². The Morgan fingerprint density at radius 2 is 1.90 bits per heavy atom. The lowest BCUT2D eigenvalue weighted by Gasteiger charge is -2.12. The lowest BCUT2D eigenvalue weighted by molar-refractivity contribution is -0.142. The first-order chi connectivity index (χ1) is 13.6. The normalized spacial score (nSPS) is 12.1. The quantitative estimate of drug-likeness (QED) is 0.320. The van der Waals surface area contributed by atoms with Crippen molar-refractivity contribution in [2.24, 2.45) is 0 Å². The molecule has 1 aromatic carbocycles. The number of rotatable bonds is 6. The van der Waals surface area contributed by atoms with Gasteiger partial charge >= 0.3 is 21.6 Å².